The van der Waals surface area contributed by atoms with E-state index in [1.807, 2.05) is 0 Å². The zero-order valence-electron chi connectivity index (χ0n) is 13.8. The fraction of sp³-hybridized carbons (Fsp3) is 0.188. The van der Waals surface area contributed by atoms with Gasteiger partial charge in [0.25, 0.3) is 5.91 Å². The quantitative estimate of drug-likeness (QED) is 0.833. The second-order valence-corrected chi connectivity index (χ2v) is 7.64. The number of nitrogens with one attached hydrogen (secondary N) is 1. The number of carbonyl (C=O) groups excluding carboxylic acids is 1. The zero-order chi connectivity index (χ0) is 18.8. The van der Waals surface area contributed by atoms with Crippen molar-refractivity contribution in [3.63, 3.8) is 0 Å². The largest absolute Gasteiger partial charge is 0.478 e. The Kier molecular flexibility index (Phi) is 5.19. The molecule has 0 aliphatic heterocycles. The molecular weight excluding hydrogens is 346 g/mol. The predicted molar refractivity (Wildman–Crippen MR) is 91.2 cm³/mol. The number of hydrogen-bond acceptors (Lipinski definition) is 5. The molecule has 0 aliphatic carbocycles. The highest BCUT2D eigenvalue weighted by Crippen LogP contribution is 2.18. The summed E-state index contributed by atoms with van der Waals surface area (Å²) in [7, 11) is -0.963. The summed E-state index contributed by atoms with van der Waals surface area (Å²) in [6.45, 7) is 1.65. The lowest BCUT2D eigenvalue weighted by Gasteiger charge is -2.12. The summed E-state index contributed by atoms with van der Waals surface area (Å²) in [6.07, 6.45) is 2.39. The summed E-state index contributed by atoms with van der Waals surface area (Å²) in [6, 6.07) is 5.69. The SMILES string of the molecule is Cc1ccc(NC(=O)c2cncc(S(=O)(=O)N(C)C)c2)cc1C(=O)O. The molecule has 2 aromatic rings. The number of amides is 1. The molecule has 132 valence electrons. The van der Waals surface area contributed by atoms with Crippen LogP contribution in [0.25, 0.3) is 0 Å². The standard InChI is InChI=1S/C16H17N3O5S/c1-10-4-5-12(7-14(10)16(21)22)18-15(20)11-6-13(9-17-8-11)25(23,24)19(2)3/h4-9H,1-3H3,(H,18,20)(H,21,22). The minimum Gasteiger partial charge on any atom is -0.478 e. The maximum Gasteiger partial charge on any atom is 0.336 e. The molecule has 0 bridgehead atoms. The number of hydrogen-bond donors (Lipinski definition) is 2. The van der Waals surface area contributed by atoms with Crippen LogP contribution in [0.2, 0.25) is 0 Å². The van der Waals surface area contributed by atoms with Crippen molar-refractivity contribution in [2.45, 2.75) is 11.8 Å². The first-order chi connectivity index (χ1) is 11.6. The van der Waals surface area contributed by atoms with E-state index >= 15 is 0 Å². The summed E-state index contributed by atoms with van der Waals surface area (Å²) in [4.78, 5) is 27.2. The lowest BCUT2D eigenvalue weighted by atomic mass is 10.1. The Hall–Kier alpha value is -2.78. The summed E-state index contributed by atoms with van der Waals surface area (Å²) < 4.78 is 25.2. The number of carbonyl (C=O) groups is 2. The molecule has 1 aromatic carbocycles. The number of sulfonamides is 1. The third-order valence-corrected chi connectivity index (χ3v) is 5.26. The van der Waals surface area contributed by atoms with Gasteiger partial charge in [-0.05, 0) is 30.7 Å². The van der Waals surface area contributed by atoms with E-state index in [-0.39, 0.29) is 21.7 Å². The van der Waals surface area contributed by atoms with Crippen LogP contribution < -0.4 is 5.32 Å². The first kappa shape index (κ1) is 18.6. The molecule has 0 fully saturated rings. The molecule has 2 rings (SSSR count). The first-order valence-electron chi connectivity index (χ1n) is 7.16. The molecule has 9 heteroatoms. The third kappa shape index (κ3) is 4.01. The van der Waals surface area contributed by atoms with E-state index in [0.29, 0.717) is 5.56 Å². The van der Waals surface area contributed by atoms with Crippen LogP contribution in [0, 0.1) is 6.92 Å². The fourth-order valence-corrected chi connectivity index (χ4v) is 2.92. The number of aromatic nitrogens is 1. The van der Waals surface area contributed by atoms with Crippen molar-refractivity contribution in [3.05, 3.63) is 53.3 Å². The molecule has 0 radical (unpaired) electrons. The molecule has 25 heavy (non-hydrogen) atoms. The van der Waals surface area contributed by atoms with Crippen LogP contribution in [0.1, 0.15) is 26.3 Å². The highest BCUT2D eigenvalue weighted by molar-refractivity contribution is 7.89. The molecular formula is C16H17N3O5S. The van der Waals surface area contributed by atoms with Crippen molar-refractivity contribution >= 4 is 27.6 Å². The van der Waals surface area contributed by atoms with Crippen molar-refractivity contribution in [2.24, 2.45) is 0 Å². The van der Waals surface area contributed by atoms with Gasteiger partial charge >= 0.3 is 5.97 Å². The summed E-state index contributed by atoms with van der Waals surface area (Å²) in [5.74, 6) is -1.70. The lowest BCUT2D eigenvalue weighted by Crippen LogP contribution is -2.23. The molecule has 0 saturated carbocycles. The van der Waals surface area contributed by atoms with Gasteiger partial charge in [-0.3, -0.25) is 9.78 Å². The van der Waals surface area contributed by atoms with Crippen LogP contribution in [-0.2, 0) is 10.0 Å². The summed E-state index contributed by atoms with van der Waals surface area (Å²) >= 11 is 0. The number of benzene rings is 1. The molecule has 1 amide bonds. The van der Waals surface area contributed by atoms with Crippen molar-refractivity contribution in [1.82, 2.24) is 9.29 Å². The second-order valence-electron chi connectivity index (χ2n) is 5.49. The molecule has 0 spiro atoms. The molecule has 8 nitrogen and oxygen atoms in total. The highest BCUT2D eigenvalue weighted by Gasteiger charge is 2.19. The number of carboxylic acid groups (broad SMARTS) is 1. The molecule has 0 unspecified atom stereocenters. The lowest BCUT2D eigenvalue weighted by molar-refractivity contribution is 0.0695. The van der Waals surface area contributed by atoms with Crippen LogP contribution in [0.5, 0.6) is 0 Å². The maximum atomic E-state index is 12.3. The molecule has 1 heterocycles. The van der Waals surface area contributed by atoms with Gasteiger partial charge in [0.05, 0.1) is 11.1 Å². The van der Waals surface area contributed by atoms with Gasteiger partial charge in [0.1, 0.15) is 4.90 Å². The number of rotatable bonds is 5. The Morgan fingerprint density at radius 1 is 1.16 bits per heavy atom. The molecule has 0 aliphatic rings. The monoisotopic (exact) mass is 363 g/mol. The minimum absolute atomic E-state index is 0.0420. The molecule has 1 aromatic heterocycles. The van der Waals surface area contributed by atoms with Crippen molar-refractivity contribution in [3.8, 4) is 0 Å². The maximum absolute atomic E-state index is 12.3. The van der Waals surface area contributed by atoms with Gasteiger partial charge in [-0.15, -0.1) is 0 Å². The van der Waals surface area contributed by atoms with E-state index < -0.39 is 21.9 Å². The predicted octanol–water partition coefficient (Wildman–Crippen LogP) is 1.59. The number of anilines is 1. The zero-order valence-corrected chi connectivity index (χ0v) is 14.7. The number of pyridine rings is 1. The van der Waals surface area contributed by atoms with E-state index in [9.17, 15) is 18.0 Å². The van der Waals surface area contributed by atoms with Crippen molar-refractivity contribution < 1.29 is 23.1 Å². The fourth-order valence-electron chi connectivity index (χ4n) is 2.03. The van der Waals surface area contributed by atoms with Crippen LogP contribution in [0.3, 0.4) is 0 Å². The molecule has 0 atom stereocenters. The highest BCUT2D eigenvalue weighted by atomic mass is 32.2. The average Bonchev–Trinajstić information content (AvgIpc) is 2.56. The van der Waals surface area contributed by atoms with Gasteiger partial charge in [-0.2, -0.15) is 0 Å². The summed E-state index contributed by atoms with van der Waals surface area (Å²) in [5, 5.41) is 11.7. The topological polar surface area (TPSA) is 117 Å². The van der Waals surface area contributed by atoms with E-state index in [1.165, 1.54) is 32.4 Å². The van der Waals surface area contributed by atoms with Crippen LogP contribution in [-0.4, -0.2) is 48.8 Å². The van der Waals surface area contributed by atoms with Gasteiger partial charge in [0.2, 0.25) is 10.0 Å². The normalized spacial score (nSPS) is 11.4. The Labute approximate surface area is 145 Å². The van der Waals surface area contributed by atoms with Crippen molar-refractivity contribution in [2.75, 3.05) is 19.4 Å². The Balaban J connectivity index is 2.31. The van der Waals surface area contributed by atoms with Gasteiger partial charge in [0, 0.05) is 32.2 Å². The first-order valence-corrected chi connectivity index (χ1v) is 8.60. The number of nitrogens with zero attached hydrogens (tertiary/aromatic N) is 2. The minimum atomic E-state index is -3.72. The smallest absolute Gasteiger partial charge is 0.336 e. The molecule has 0 saturated heterocycles. The van der Waals surface area contributed by atoms with E-state index in [0.717, 1.165) is 10.5 Å². The van der Waals surface area contributed by atoms with Gasteiger partial charge in [-0.25, -0.2) is 17.5 Å². The van der Waals surface area contributed by atoms with Crippen LogP contribution >= 0.6 is 0 Å². The van der Waals surface area contributed by atoms with Gasteiger partial charge < -0.3 is 10.4 Å². The van der Waals surface area contributed by atoms with Gasteiger partial charge in [-0.1, -0.05) is 6.07 Å². The van der Waals surface area contributed by atoms with E-state index in [2.05, 4.69) is 10.3 Å². The van der Waals surface area contributed by atoms with Crippen LogP contribution in [0.15, 0.2) is 41.6 Å². The Morgan fingerprint density at radius 2 is 1.84 bits per heavy atom. The number of aromatic carboxylic acids is 1. The Morgan fingerprint density at radius 3 is 2.44 bits per heavy atom. The second kappa shape index (κ2) is 6.99. The number of aryl methyl sites for hydroxylation is 1. The van der Waals surface area contributed by atoms with E-state index in [4.69, 9.17) is 5.11 Å². The number of carboxylic acids is 1. The third-order valence-electron chi connectivity index (χ3n) is 3.48. The van der Waals surface area contributed by atoms with Crippen LogP contribution in [0.4, 0.5) is 5.69 Å². The Bertz CT molecular complexity index is 939. The van der Waals surface area contributed by atoms with Gasteiger partial charge in [0.15, 0.2) is 0 Å². The summed E-state index contributed by atoms with van der Waals surface area (Å²) in [5.41, 5.74) is 0.959. The van der Waals surface area contributed by atoms with E-state index in [1.54, 1.807) is 19.1 Å². The molecule has 2 N–H and O–H groups in total. The average molecular weight is 363 g/mol. The van der Waals surface area contributed by atoms with Crippen molar-refractivity contribution in [1.29, 1.82) is 0 Å².